The number of rotatable bonds is 3. The van der Waals surface area contributed by atoms with Crippen LogP contribution in [0, 0.1) is 0 Å². The zero-order valence-electron chi connectivity index (χ0n) is 20.5. The monoisotopic (exact) mass is 502 g/mol. The highest BCUT2D eigenvalue weighted by molar-refractivity contribution is 7.25. The van der Waals surface area contributed by atoms with Gasteiger partial charge in [0.2, 0.25) is 0 Å². The Kier molecular flexibility index (Phi) is 4.73. The first kappa shape index (κ1) is 21.4. The summed E-state index contributed by atoms with van der Waals surface area (Å²) < 4.78 is 4.86. The maximum atomic E-state index is 5.15. The van der Waals surface area contributed by atoms with Gasteiger partial charge in [0.1, 0.15) is 0 Å². The Hall–Kier alpha value is -4.73. The standard InChI is InChI=1S/C35H22N2S/c1-2-10-26(30-21-22-34-35(36-30)29-13-5-8-16-33(29)38-34)25(9-1)23-17-19-24(20-18-23)37-31-14-6-3-11-27(31)28-12-4-7-15-32(28)37/h1-22H. The Labute approximate surface area is 224 Å². The molecule has 0 unspecified atom stereocenters. The fourth-order valence-electron chi connectivity index (χ4n) is 5.69. The van der Waals surface area contributed by atoms with Gasteiger partial charge in [0, 0.05) is 32.1 Å². The second kappa shape index (κ2) is 8.41. The van der Waals surface area contributed by atoms with E-state index in [9.17, 15) is 0 Å². The number of nitrogens with zero attached hydrogens (tertiary/aromatic N) is 2. The highest BCUT2D eigenvalue weighted by Gasteiger charge is 2.14. The van der Waals surface area contributed by atoms with Gasteiger partial charge in [0.25, 0.3) is 0 Å². The van der Waals surface area contributed by atoms with E-state index in [1.54, 1.807) is 11.3 Å². The highest BCUT2D eigenvalue weighted by Crippen LogP contribution is 2.37. The molecule has 3 heterocycles. The molecule has 5 aromatic carbocycles. The summed E-state index contributed by atoms with van der Waals surface area (Å²) in [6.07, 6.45) is 0. The normalized spacial score (nSPS) is 11.7. The first-order chi connectivity index (χ1) is 18.8. The van der Waals surface area contributed by atoms with Crippen molar-refractivity contribution in [1.82, 2.24) is 9.55 Å². The number of para-hydroxylation sites is 2. The molecule has 8 aromatic rings. The van der Waals surface area contributed by atoms with Gasteiger partial charge in [0.15, 0.2) is 0 Å². The van der Waals surface area contributed by atoms with Crippen LogP contribution in [0.15, 0.2) is 133 Å². The van der Waals surface area contributed by atoms with Gasteiger partial charge in [-0.05, 0) is 53.6 Å². The molecular formula is C35H22N2S. The molecule has 38 heavy (non-hydrogen) atoms. The minimum absolute atomic E-state index is 1.00. The van der Waals surface area contributed by atoms with Gasteiger partial charge in [-0.2, -0.15) is 0 Å². The van der Waals surface area contributed by atoms with Crippen molar-refractivity contribution < 1.29 is 0 Å². The van der Waals surface area contributed by atoms with E-state index >= 15 is 0 Å². The van der Waals surface area contributed by atoms with Crippen LogP contribution in [0.3, 0.4) is 0 Å². The Bertz CT molecular complexity index is 2080. The van der Waals surface area contributed by atoms with Crippen LogP contribution in [0.1, 0.15) is 0 Å². The van der Waals surface area contributed by atoms with E-state index in [1.165, 1.54) is 47.7 Å². The zero-order chi connectivity index (χ0) is 25.1. The molecule has 0 spiro atoms. The summed E-state index contributed by atoms with van der Waals surface area (Å²) in [4.78, 5) is 5.15. The number of pyridine rings is 1. The van der Waals surface area contributed by atoms with Gasteiger partial charge in [-0.1, -0.05) is 91.0 Å². The van der Waals surface area contributed by atoms with Crippen molar-refractivity contribution in [2.45, 2.75) is 0 Å². The molecule has 0 aliphatic heterocycles. The molecule has 8 rings (SSSR count). The van der Waals surface area contributed by atoms with E-state index in [0.717, 1.165) is 22.5 Å². The molecule has 2 nitrogen and oxygen atoms in total. The lowest BCUT2D eigenvalue weighted by molar-refractivity contribution is 1.18. The van der Waals surface area contributed by atoms with Crippen LogP contribution in [-0.4, -0.2) is 9.55 Å². The summed E-state index contributed by atoms with van der Waals surface area (Å²) in [5.74, 6) is 0. The molecule has 0 aliphatic carbocycles. The van der Waals surface area contributed by atoms with Crippen molar-refractivity contribution in [1.29, 1.82) is 0 Å². The zero-order valence-corrected chi connectivity index (χ0v) is 21.3. The fourth-order valence-corrected chi connectivity index (χ4v) is 6.74. The minimum Gasteiger partial charge on any atom is -0.309 e. The van der Waals surface area contributed by atoms with Gasteiger partial charge < -0.3 is 4.57 Å². The summed E-state index contributed by atoms with van der Waals surface area (Å²) in [6.45, 7) is 0. The van der Waals surface area contributed by atoms with Crippen molar-refractivity contribution in [2.75, 3.05) is 0 Å². The van der Waals surface area contributed by atoms with Gasteiger partial charge in [-0.25, -0.2) is 4.98 Å². The molecule has 0 radical (unpaired) electrons. The number of aromatic nitrogens is 2. The molecule has 0 atom stereocenters. The van der Waals surface area contributed by atoms with E-state index in [2.05, 4.69) is 138 Å². The first-order valence-electron chi connectivity index (χ1n) is 12.8. The Morgan fingerprint density at radius 2 is 1.08 bits per heavy atom. The van der Waals surface area contributed by atoms with E-state index in [4.69, 9.17) is 4.98 Å². The average molecular weight is 503 g/mol. The Morgan fingerprint density at radius 3 is 1.82 bits per heavy atom. The van der Waals surface area contributed by atoms with E-state index in [0.29, 0.717) is 0 Å². The molecule has 0 amide bonds. The quantitative estimate of drug-likeness (QED) is 0.235. The van der Waals surface area contributed by atoms with Crippen LogP contribution in [0.5, 0.6) is 0 Å². The molecule has 3 heteroatoms. The summed E-state index contributed by atoms with van der Waals surface area (Å²) in [7, 11) is 0. The van der Waals surface area contributed by atoms with Crippen LogP contribution >= 0.6 is 11.3 Å². The smallest absolute Gasteiger partial charge is 0.0895 e. The molecule has 0 saturated heterocycles. The van der Waals surface area contributed by atoms with Crippen LogP contribution in [0.2, 0.25) is 0 Å². The Balaban J connectivity index is 1.26. The van der Waals surface area contributed by atoms with Gasteiger partial charge in [-0.3, -0.25) is 0 Å². The maximum Gasteiger partial charge on any atom is 0.0895 e. The van der Waals surface area contributed by atoms with Crippen molar-refractivity contribution in [3.63, 3.8) is 0 Å². The van der Waals surface area contributed by atoms with Crippen molar-refractivity contribution in [2.24, 2.45) is 0 Å². The fraction of sp³-hybridized carbons (Fsp3) is 0. The highest BCUT2D eigenvalue weighted by atomic mass is 32.1. The summed E-state index contributed by atoms with van der Waals surface area (Å²) >= 11 is 1.80. The third-order valence-corrected chi connectivity index (χ3v) is 8.57. The van der Waals surface area contributed by atoms with E-state index in [-0.39, 0.29) is 0 Å². The van der Waals surface area contributed by atoms with Crippen LogP contribution in [0.25, 0.3) is 70.2 Å². The lowest BCUT2D eigenvalue weighted by atomic mass is 9.97. The average Bonchev–Trinajstić information content (AvgIpc) is 3.53. The number of hydrogen-bond donors (Lipinski definition) is 0. The first-order valence-corrected chi connectivity index (χ1v) is 13.6. The molecule has 3 aromatic heterocycles. The van der Waals surface area contributed by atoms with Gasteiger partial charge >= 0.3 is 0 Å². The summed E-state index contributed by atoms with van der Waals surface area (Å²) in [6, 6.07) is 47.7. The number of fused-ring (bicyclic) bond motifs is 6. The second-order valence-electron chi connectivity index (χ2n) is 9.60. The van der Waals surface area contributed by atoms with Crippen molar-refractivity contribution in [3.05, 3.63) is 133 Å². The lowest BCUT2D eigenvalue weighted by Gasteiger charge is -2.12. The topological polar surface area (TPSA) is 17.8 Å². The van der Waals surface area contributed by atoms with Crippen LogP contribution in [0.4, 0.5) is 0 Å². The molecule has 0 N–H and O–H groups in total. The predicted octanol–water partition coefficient (Wildman–Crippen LogP) is 9.88. The van der Waals surface area contributed by atoms with Crippen molar-refractivity contribution in [3.8, 4) is 28.1 Å². The summed E-state index contributed by atoms with van der Waals surface area (Å²) in [5.41, 5.74) is 9.21. The molecule has 0 saturated carbocycles. The van der Waals surface area contributed by atoms with Crippen LogP contribution < -0.4 is 0 Å². The molecule has 0 bridgehead atoms. The third kappa shape index (κ3) is 3.22. The number of thiophene rings is 1. The third-order valence-electron chi connectivity index (χ3n) is 7.44. The minimum atomic E-state index is 1.00. The van der Waals surface area contributed by atoms with Gasteiger partial charge in [0.05, 0.1) is 26.9 Å². The van der Waals surface area contributed by atoms with Crippen LogP contribution in [-0.2, 0) is 0 Å². The molecular weight excluding hydrogens is 480 g/mol. The maximum absolute atomic E-state index is 5.15. The second-order valence-corrected chi connectivity index (χ2v) is 10.7. The SMILES string of the molecule is c1ccc(-c2ccc3sc4ccccc4c3n2)c(-c2ccc(-n3c4ccccc4c4ccccc43)cc2)c1. The van der Waals surface area contributed by atoms with E-state index in [1.807, 2.05) is 0 Å². The lowest BCUT2D eigenvalue weighted by Crippen LogP contribution is -1.94. The van der Waals surface area contributed by atoms with Crippen molar-refractivity contribution >= 4 is 53.4 Å². The predicted molar refractivity (Wildman–Crippen MR) is 162 cm³/mol. The molecule has 0 aliphatic rings. The largest absolute Gasteiger partial charge is 0.309 e. The molecule has 178 valence electrons. The number of benzene rings is 5. The van der Waals surface area contributed by atoms with Gasteiger partial charge in [-0.15, -0.1) is 11.3 Å². The van der Waals surface area contributed by atoms with E-state index < -0.39 is 0 Å². The Morgan fingerprint density at radius 1 is 0.474 bits per heavy atom. The summed E-state index contributed by atoms with van der Waals surface area (Å²) in [5, 5.41) is 3.78. The molecule has 0 fully saturated rings. The number of hydrogen-bond acceptors (Lipinski definition) is 2.